The van der Waals surface area contributed by atoms with E-state index >= 15 is 0 Å². The van der Waals surface area contributed by atoms with Gasteiger partial charge in [0.15, 0.2) is 5.78 Å². The monoisotopic (exact) mass is 263 g/mol. The zero-order chi connectivity index (χ0) is 13.9. The Morgan fingerprint density at radius 3 is 2.47 bits per heavy atom. The molecule has 0 amide bonds. The van der Waals surface area contributed by atoms with E-state index in [2.05, 4.69) is 4.90 Å². The van der Waals surface area contributed by atoms with Crippen LogP contribution in [0.1, 0.15) is 38.7 Å². The molecule has 0 saturated carbocycles. The molecule has 0 N–H and O–H groups in total. The zero-order valence-electron chi connectivity index (χ0n) is 11.8. The molecule has 0 unspecified atom stereocenters. The summed E-state index contributed by atoms with van der Waals surface area (Å²) in [5.74, 6) is -0.190. The van der Waals surface area contributed by atoms with Gasteiger partial charge in [0.25, 0.3) is 0 Å². The van der Waals surface area contributed by atoms with Crippen molar-refractivity contribution in [1.29, 1.82) is 0 Å². The van der Waals surface area contributed by atoms with Gasteiger partial charge in [-0.3, -0.25) is 9.69 Å². The molecule has 1 heterocycles. The molecule has 0 aliphatic carbocycles. The number of benzene rings is 1. The number of halogens is 1. The van der Waals surface area contributed by atoms with Gasteiger partial charge in [-0.15, -0.1) is 0 Å². The van der Waals surface area contributed by atoms with Crippen molar-refractivity contribution in [3.8, 4) is 0 Å². The topological polar surface area (TPSA) is 20.3 Å². The number of likely N-dealkylation sites (tertiary alicyclic amines) is 1. The predicted molar refractivity (Wildman–Crippen MR) is 74.6 cm³/mol. The van der Waals surface area contributed by atoms with Crippen LogP contribution in [0, 0.1) is 5.82 Å². The molecule has 1 aliphatic heterocycles. The minimum absolute atomic E-state index is 0.0968. The van der Waals surface area contributed by atoms with E-state index in [0.717, 1.165) is 25.9 Å². The van der Waals surface area contributed by atoms with Crippen LogP contribution in [-0.4, -0.2) is 29.3 Å². The van der Waals surface area contributed by atoms with E-state index in [0.29, 0.717) is 5.56 Å². The fourth-order valence-corrected chi connectivity index (χ4v) is 2.66. The van der Waals surface area contributed by atoms with E-state index in [1.54, 1.807) is 18.2 Å². The van der Waals surface area contributed by atoms with Crippen LogP contribution in [-0.2, 0) is 11.2 Å². The van der Waals surface area contributed by atoms with Crippen molar-refractivity contribution in [1.82, 2.24) is 4.90 Å². The van der Waals surface area contributed by atoms with Crippen LogP contribution in [0.4, 0.5) is 4.39 Å². The van der Waals surface area contributed by atoms with Gasteiger partial charge in [-0.25, -0.2) is 4.39 Å². The van der Waals surface area contributed by atoms with E-state index in [1.165, 1.54) is 12.5 Å². The number of piperidine rings is 1. The quantitative estimate of drug-likeness (QED) is 0.831. The SMILES string of the molecule is CC(C)(C(=O)Cc1ccccc1F)N1CCCCC1. The first-order valence-electron chi connectivity index (χ1n) is 7.03. The molecule has 0 spiro atoms. The molecule has 0 atom stereocenters. The Hall–Kier alpha value is -1.22. The van der Waals surface area contributed by atoms with Crippen LogP contribution < -0.4 is 0 Å². The summed E-state index contributed by atoms with van der Waals surface area (Å²) >= 11 is 0. The highest BCUT2D eigenvalue weighted by Crippen LogP contribution is 2.23. The average Bonchev–Trinajstić information content (AvgIpc) is 2.42. The Kier molecular flexibility index (Phi) is 4.35. The molecule has 3 heteroatoms. The second-order valence-corrected chi connectivity index (χ2v) is 5.80. The number of Topliss-reactive ketones (excluding diaryl/α,β-unsaturated/α-hetero) is 1. The standard InChI is InChI=1S/C16H22FNO/c1-16(2,18-10-6-3-7-11-18)15(19)12-13-8-4-5-9-14(13)17/h4-5,8-9H,3,6-7,10-12H2,1-2H3. The van der Waals surface area contributed by atoms with Crippen molar-refractivity contribution in [2.45, 2.75) is 45.1 Å². The maximum Gasteiger partial charge on any atom is 0.156 e. The predicted octanol–water partition coefficient (Wildman–Crippen LogP) is 3.20. The fourth-order valence-electron chi connectivity index (χ4n) is 2.66. The lowest BCUT2D eigenvalue weighted by Gasteiger charge is -2.39. The highest BCUT2D eigenvalue weighted by molar-refractivity contribution is 5.89. The Morgan fingerprint density at radius 1 is 1.21 bits per heavy atom. The molecule has 1 saturated heterocycles. The second-order valence-electron chi connectivity index (χ2n) is 5.80. The zero-order valence-corrected chi connectivity index (χ0v) is 11.8. The summed E-state index contributed by atoms with van der Waals surface area (Å²) in [7, 11) is 0. The van der Waals surface area contributed by atoms with Crippen LogP contribution in [0.15, 0.2) is 24.3 Å². The van der Waals surface area contributed by atoms with Crippen molar-refractivity contribution in [3.05, 3.63) is 35.6 Å². The van der Waals surface area contributed by atoms with Crippen LogP contribution in [0.2, 0.25) is 0 Å². The maximum absolute atomic E-state index is 13.6. The van der Waals surface area contributed by atoms with E-state index in [4.69, 9.17) is 0 Å². The van der Waals surface area contributed by atoms with Gasteiger partial charge >= 0.3 is 0 Å². The van der Waals surface area contributed by atoms with Gasteiger partial charge in [-0.05, 0) is 51.4 Å². The molecular formula is C16H22FNO. The lowest BCUT2D eigenvalue weighted by molar-refractivity contribution is -0.129. The summed E-state index contributed by atoms with van der Waals surface area (Å²) in [6, 6.07) is 6.54. The molecule has 0 bridgehead atoms. The van der Waals surface area contributed by atoms with Crippen LogP contribution in [0.25, 0.3) is 0 Å². The highest BCUT2D eigenvalue weighted by atomic mass is 19.1. The molecule has 0 radical (unpaired) electrons. The third-order valence-corrected chi connectivity index (χ3v) is 4.14. The van der Waals surface area contributed by atoms with Gasteiger partial charge in [0, 0.05) is 6.42 Å². The summed E-state index contributed by atoms with van der Waals surface area (Å²) in [4.78, 5) is 14.7. The third kappa shape index (κ3) is 3.21. The first kappa shape index (κ1) is 14.2. The van der Waals surface area contributed by atoms with Gasteiger partial charge in [0.05, 0.1) is 5.54 Å². The van der Waals surface area contributed by atoms with Gasteiger partial charge in [-0.1, -0.05) is 24.6 Å². The molecule has 2 rings (SSSR count). The first-order valence-corrected chi connectivity index (χ1v) is 7.03. The lowest BCUT2D eigenvalue weighted by Crippen LogP contribution is -2.52. The number of hydrogen-bond donors (Lipinski definition) is 0. The Bertz CT molecular complexity index is 450. The van der Waals surface area contributed by atoms with E-state index in [9.17, 15) is 9.18 Å². The summed E-state index contributed by atoms with van der Waals surface area (Å²) in [5.41, 5.74) is 0.000443. The number of ketones is 1. The van der Waals surface area contributed by atoms with Gasteiger partial charge < -0.3 is 0 Å². The molecule has 0 aromatic heterocycles. The molecule has 1 aromatic carbocycles. The minimum atomic E-state index is -0.497. The highest BCUT2D eigenvalue weighted by Gasteiger charge is 2.34. The Labute approximate surface area is 114 Å². The maximum atomic E-state index is 13.6. The molecule has 1 aliphatic rings. The van der Waals surface area contributed by atoms with Crippen LogP contribution in [0.5, 0.6) is 0 Å². The van der Waals surface area contributed by atoms with E-state index < -0.39 is 5.54 Å². The first-order chi connectivity index (χ1) is 9.01. The Balaban J connectivity index is 2.08. The molecule has 1 aromatic rings. The van der Waals surface area contributed by atoms with Gasteiger partial charge in [0.1, 0.15) is 5.82 Å². The number of hydrogen-bond acceptors (Lipinski definition) is 2. The minimum Gasteiger partial charge on any atom is -0.297 e. The second kappa shape index (κ2) is 5.83. The van der Waals surface area contributed by atoms with Gasteiger partial charge in [0.2, 0.25) is 0 Å². The number of rotatable bonds is 4. The summed E-state index contributed by atoms with van der Waals surface area (Å²) in [6.45, 7) is 5.86. The normalized spacial score (nSPS) is 17.4. The smallest absolute Gasteiger partial charge is 0.156 e. The fraction of sp³-hybridized carbons (Fsp3) is 0.562. The number of nitrogens with zero attached hydrogens (tertiary/aromatic N) is 1. The number of carbonyl (C=O) groups is 1. The van der Waals surface area contributed by atoms with Crippen LogP contribution in [0.3, 0.4) is 0 Å². The lowest BCUT2D eigenvalue weighted by atomic mass is 9.90. The summed E-state index contributed by atoms with van der Waals surface area (Å²) < 4.78 is 13.6. The summed E-state index contributed by atoms with van der Waals surface area (Å²) in [6.07, 6.45) is 3.72. The summed E-state index contributed by atoms with van der Waals surface area (Å²) in [5, 5.41) is 0. The number of carbonyl (C=O) groups excluding carboxylic acids is 1. The van der Waals surface area contributed by atoms with Crippen molar-refractivity contribution in [2.24, 2.45) is 0 Å². The van der Waals surface area contributed by atoms with E-state index in [-0.39, 0.29) is 18.0 Å². The molecule has 2 nitrogen and oxygen atoms in total. The van der Waals surface area contributed by atoms with Crippen molar-refractivity contribution in [3.63, 3.8) is 0 Å². The third-order valence-electron chi connectivity index (χ3n) is 4.14. The molecule has 19 heavy (non-hydrogen) atoms. The average molecular weight is 263 g/mol. The molecular weight excluding hydrogens is 241 g/mol. The van der Waals surface area contributed by atoms with Crippen molar-refractivity contribution >= 4 is 5.78 Å². The van der Waals surface area contributed by atoms with E-state index in [1.807, 2.05) is 13.8 Å². The van der Waals surface area contributed by atoms with Crippen LogP contribution >= 0.6 is 0 Å². The van der Waals surface area contributed by atoms with Gasteiger partial charge in [-0.2, -0.15) is 0 Å². The Morgan fingerprint density at radius 2 is 1.84 bits per heavy atom. The molecule has 104 valence electrons. The molecule has 1 fully saturated rings. The van der Waals surface area contributed by atoms with Crippen molar-refractivity contribution in [2.75, 3.05) is 13.1 Å². The van der Waals surface area contributed by atoms with Crippen molar-refractivity contribution < 1.29 is 9.18 Å². The largest absolute Gasteiger partial charge is 0.297 e.